The number of carboxylic acids is 1. The molecule has 1 saturated heterocycles. The van der Waals surface area contributed by atoms with Gasteiger partial charge < -0.3 is 19.7 Å². The van der Waals surface area contributed by atoms with Crippen LogP contribution < -0.4 is 5.32 Å². The maximum atomic E-state index is 13.8. The molecule has 6 nitrogen and oxygen atoms in total. The lowest BCUT2D eigenvalue weighted by atomic mass is 9.76. The number of carboxylic acid groups (broad SMARTS) is 1. The van der Waals surface area contributed by atoms with Crippen LogP contribution in [0.4, 0.5) is 4.39 Å². The van der Waals surface area contributed by atoms with Gasteiger partial charge in [-0.3, -0.25) is 9.59 Å². The van der Waals surface area contributed by atoms with Crippen LogP contribution in [0.15, 0.2) is 23.7 Å². The van der Waals surface area contributed by atoms with Gasteiger partial charge in [-0.25, -0.2) is 4.39 Å². The zero-order valence-corrected chi connectivity index (χ0v) is 16.3. The Morgan fingerprint density at radius 2 is 1.81 bits per heavy atom. The van der Waals surface area contributed by atoms with Crippen LogP contribution in [0.3, 0.4) is 0 Å². The molecule has 146 valence electrons. The molecule has 0 unspecified atom stereocenters. The highest BCUT2D eigenvalue weighted by Crippen LogP contribution is 2.38. The number of carbonyl (C=O) groups excluding carboxylic acids is 1. The average Bonchev–Trinajstić information content (AvgIpc) is 2.73. The zero-order chi connectivity index (χ0) is 20.4. The van der Waals surface area contributed by atoms with Crippen molar-refractivity contribution in [3.63, 3.8) is 0 Å². The molecule has 8 heteroatoms. The Balaban J connectivity index is 2.44. The molecule has 0 radical (unpaired) electrons. The van der Waals surface area contributed by atoms with E-state index in [1.807, 2.05) is 27.7 Å². The molecule has 2 N–H and O–H groups in total. The van der Waals surface area contributed by atoms with Gasteiger partial charge in [0.1, 0.15) is 5.82 Å². The van der Waals surface area contributed by atoms with Crippen LogP contribution in [-0.2, 0) is 25.3 Å². The molecule has 0 bridgehead atoms. The molecule has 0 saturated carbocycles. The van der Waals surface area contributed by atoms with Crippen molar-refractivity contribution in [3.05, 3.63) is 40.6 Å². The summed E-state index contributed by atoms with van der Waals surface area (Å²) in [5, 5.41) is 11.8. The van der Waals surface area contributed by atoms with E-state index >= 15 is 0 Å². The Bertz CT molecular complexity index is 759. The second kappa shape index (κ2) is 7.82. The fraction of sp³-hybridized carbons (Fsp3) is 0.474. The van der Waals surface area contributed by atoms with E-state index in [0.29, 0.717) is 16.6 Å². The topological polar surface area (TPSA) is 84.9 Å². The highest BCUT2D eigenvalue weighted by Gasteiger charge is 2.52. The molecule has 1 aromatic carbocycles. The SMILES string of the molecule is CC(=O)NCC(=Cc1cc(F)ccc1CC(=O)O)B1OC(C)(C)C(C)(C)O1. The number of aliphatic carboxylic acids is 1. The first kappa shape index (κ1) is 21.1. The monoisotopic (exact) mass is 377 g/mol. The quantitative estimate of drug-likeness (QED) is 0.745. The summed E-state index contributed by atoms with van der Waals surface area (Å²) in [6.45, 7) is 9.14. The molecular formula is C19H25BFNO5. The first-order chi connectivity index (χ1) is 12.4. The van der Waals surface area contributed by atoms with Crippen molar-refractivity contribution in [2.75, 3.05) is 6.54 Å². The normalized spacial score (nSPS) is 18.4. The fourth-order valence-corrected chi connectivity index (χ4v) is 2.65. The van der Waals surface area contributed by atoms with E-state index in [0.717, 1.165) is 0 Å². The summed E-state index contributed by atoms with van der Waals surface area (Å²) in [5.74, 6) is -1.74. The molecule has 0 spiro atoms. The van der Waals surface area contributed by atoms with Gasteiger partial charge in [0, 0.05) is 13.5 Å². The number of amides is 1. The van der Waals surface area contributed by atoms with E-state index in [1.165, 1.54) is 25.1 Å². The Kier molecular flexibility index (Phi) is 6.12. The number of nitrogens with one attached hydrogen (secondary N) is 1. The largest absolute Gasteiger partial charge is 0.492 e. The predicted molar refractivity (Wildman–Crippen MR) is 100 cm³/mol. The van der Waals surface area contributed by atoms with E-state index in [4.69, 9.17) is 14.4 Å². The third kappa shape index (κ3) is 5.17. The van der Waals surface area contributed by atoms with E-state index in [2.05, 4.69) is 5.32 Å². The van der Waals surface area contributed by atoms with E-state index in [9.17, 15) is 14.0 Å². The Morgan fingerprint density at radius 1 is 1.22 bits per heavy atom. The molecule has 1 aromatic rings. The standard InChI is InChI=1S/C19H25BFNO5/c1-12(23)22-11-15(20-26-18(2,3)19(4,5)27-20)8-14-9-16(21)7-6-13(14)10-17(24)25/h6-9H,10-11H2,1-5H3,(H,22,23)(H,24,25). The molecule has 0 atom stereocenters. The summed E-state index contributed by atoms with van der Waals surface area (Å²) in [5.41, 5.74) is 0.270. The molecule has 1 aliphatic heterocycles. The van der Waals surface area contributed by atoms with E-state index < -0.39 is 30.1 Å². The average molecular weight is 377 g/mol. The van der Waals surface area contributed by atoms with Crippen molar-refractivity contribution in [1.82, 2.24) is 5.32 Å². The van der Waals surface area contributed by atoms with E-state index in [1.54, 1.807) is 6.08 Å². The summed E-state index contributed by atoms with van der Waals surface area (Å²) in [4.78, 5) is 22.5. The minimum atomic E-state index is -1.02. The number of halogens is 1. The van der Waals surface area contributed by atoms with Gasteiger partial charge >= 0.3 is 13.1 Å². The van der Waals surface area contributed by atoms with Gasteiger partial charge in [-0.1, -0.05) is 12.1 Å². The molecule has 0 aliphatic carbocycles. The predicted octanol–water partition coefficient (Wildman–Crippen LogP) is 2.60. The molecule has 2 rings (SSSR count). The number of hydrogen-bond acceptors (Lipinski definition) is 4. The maximum Gasteiger partial charge on any atom is 0.492 e. The highest BCUT2D eigenvalue weighted by atomic mass is 19.1. The summed E-state index contributed by atoms with van der Waals surface area (Å²) in [6, 6.07) is 3.92. The fourth-order valence-electron chi connectivity index (χ4n) is 2.65. The van der Waals surface area contributed by atoms with E-state index in [-0.39, 0.29) is 18.9 Å². The first-order valence-electron chi connectivity index (χ1n) is 8.72. The minimum Gasteiger partial charge on any atom is -0.481 e. The zero-order valence-electron chi connectivity index (χ0n) is 16.3. The van der Waals surface area contributed by atoms with Crippen molar-refractivity contribution >= 4 is 25.1 Å². The lowest BCUT2D eigenvalue weighted by Crippen LogP contribution is -2.41. The van der Waals surface area contributed by atoms with Gasteiger partial charge in [-0.2, -0.15) is 0 Å². The van der Waals surface area contributed by atoms with Gasteiger partial charge in [-0.05, 0) is 56.4 Å². The van der Waals surface area contributed by atoms with Crippen LogP contribution in [0, 0.1) is 5.82 Å². The lowest BCUT2D eigenvalue weighted by molar-refractivity contribution is -0.136. The smallest absolute Gasteiger partial charge is 0.481 e. The maximum absolute atomic E-state index is 13.8. The van der Waals surface area contributed by atoms with Crippen molar-refractivity contribution in [2.24, 2.45) is 0 Å². The molecule has 1 aliphatic rings. The third-order valence-corrected chi connectivity index (χ3v) is 4.89. The van der Waals surface area contributed by atoms with Crippen LogP contribution in [0.2, 0.25) is 0 Å². The third-order valence-electron chi connectivity index (χ3n) is 4.89. The highest BCUT2D eigenvalue weighted by molar-refractivity contribution is 6.56. The number of rotatable bonds is 6. The van der Waals surface area contributed by atoms with Gasteiger partial charge in [0.05, 0.1) is 17.6 Å². The Hall–Kier alpha value is -2.19. The van der Waals surface area contributed by atoms with Gasteiger partial charge in [0.25, 0.3) is 0 Å². The molecule has 27 heavy (non-hydrogen) atoms. The van der Waals surface area contributed by atoms with Crippen molar-refractivity contribution < 1.29 is 28.4 Å². The molecular weight excluding hydrogens is 352 g/mol. The first-order valence-corrected chi connectivity index (χ1v) is 8.72. The van der Waals surface area contributed by atoms with Crippen LogP contribution in [0.25, 0.3) is 6.08 Å². The van der Waals surface area contributed by atoms with Gasteiger partial charge in [-0.15, -0.1) is 0 Å². The molecule has 1 amide bonds. The van der Waals surface area contributed by atoms with Crippen molar-refractivity contribution in [3.8, 4) is 0 Å². The lowest BCUT2D eigenvalue weighted by Gasteiger charge is -2.32. The summed E-state index contributed by atoms with van der Waals surface area (Å²) < 4.78 is 25.8. The molecule has 1 heterocycles. The minimum absolute atomic E-state index is 0.134. The van der Waals surface area contributed by atoms with Crippen molar-refractivity contribution in [1.29, 1.82) is 0 Å². The molecule has 0 aromatic heterocycles. The van der Waals surface area contributed by atoms with Crippen LogP contribution in [0.1, 0.15) is 45.7 Å². The number of hydrogen-bond donors (Lipinski definition) is 2. The second-order valence-corrected chi connectivity index (χ2v) is 7.63. The van der Waals surface area contributed by atoms with Crippen molar-refractivity contribution in [2.45, 2.75) is 52.2 Å². The Morgan fingerprint density at radius 3 is 2.33 bits per heavy atom. The Labute approximate surface area is 158 Å². The van der Waals surface area contributed by atoms with Crippen LogP contribution in [-0.4, -0.2) is 41.8 Å². The molecule has 1 fully saturated rings. The van der Waals surface area contributed by atoms with Crippen LogP contribution in [0.5, 0.6) is 0 Å². The summed E-state index contributed by atoms with van der Waals surface area (Å²) in [7, 11) is -0.747. The van der Waals surface area contributed by atoms with Gasteiger partial charge in [0.15, 0.2) is 0 Å². The number of benzene rings is 1. The number of carbonyl (C=O) groups is 2. The van der Waals surface area contributed by atoms with Crippen LogP contribution >= 0.6 is 0 Å². The van der Waals surface area contributed by atoms with Gasteiger partial charge in [0.2, 0.25) is 5.91 Å². The summed E-state index contributed by atoms with van der Waals surface area (Å²) in [6.07, 6.45) is 1.38. The second-order valence-electron chi connectivity index (χ2n) is 7.63. The summed E-state index contributed by atoms with van der Waals surface area (Å²) >= 11 is 0.